The molecule has 1 fully saturated rings. The van der Waals surface area contributed by atoms with Crippen LogP contribution in [0.25, 0.3) is 0 Å². The third kappa shape index (κ3) is 3.03. The van der Waals surface area contributed by atoms with Crippen LogP contribution in [0.4, 0.5) is 13.2 Å². The number of hydrogen-bond acceptors (Lipinski definition) is 2. The number of benzene rings is 1. The maximum absolute atomic E-state index is 13.8. The van der Waals surface area contributed by atoms with Crippen LogP contribution in [0.1, 0.15) is 18.0 Å². The molecule has 0 saturated carbocycles. The summed E-state index contributed by atoms with van der Waals surface area (Å²) in [5, 5.41) is 3.19. The largest absolute Gasteiger partial charge is 0.314 e. The highest BCUT2D eigenvalue weighted by Gasteiger charge is 2.24. The minimum atomic E-state index is -0.537. The van der Waals surface area contributed by atoms with E-state index in [0.717, 1.165) is 38.3 Å². The number of halogens is 3. The molecule has 0 aromatic heterocycles. The zero-order valence-corrected chi connectivity index (χ0v) is 10.1. The van der Waals surface area contributed by atoms with Crippen molar-refractivity contribution in [3.63, 3.8) is 0 Å². The van der Waals surface area contributed by atoms with Crippen molar-refractivity contribution in [3.05, 3.63) is 35.4 Å². The van der Waals surface area contributed by atoms with Crippen molar-refractivity contribution in [2.45, 2.75) is 12.5 Å². The average Bonchev–Trinajstić information content (AvgIpc) is 2.40. The van der Waals surface area contributed by atoms with Gasteiger partial charge in [-0.15, -0.1) is 0 Å². The van der Waals surface area contributed by atoms with Gasteiger partial charge in [0.05, 0.1) is 6.67 Å². The molecule has 1 saturated heterocycles. The predicted molar refractivity (Wildman–Crippen MR) is 64.1 cm³/mol. The fraction of sp³-hybridized carbons (Fsp3) is 0.538. The highest BCUT2D eigenvalue weighted by Crippen LogP contribution is 2.27. The van der Waals surface area contributed by atoms with Crippen molar-refractivity contribution < 1.29 is 13.2 Å². The normalized spacial score (nSPS) is 18.8. The van der Waals surface area contributed by atoms with Crippen LogP contribution in [-0.2, 0) is 0 Å². The lowest BCUT2D eigenvalue weighted by molar-refractivity contribution is 0.154. The summed E-state index contributed by atoms with van der Waals surface area (Å²) in [5.41, 5.74) is 0.259. The van der Waals surface area contributed by atoms with Gasteiger partial charge in [-0.1, -0.05) is 0 Å². The maximum Gasteiger partial charge on any atom is 0.128 e. The van der Waals surface area contributed by atoms with E-state index in [-0.39, 0.29) is 18.0 Å². The molecule has 0 radical (unpaired) electrons. The summed E-state index contributed by atoms with van der Waals surface area (Å²) in [4.78, 5) is 2.01. The third-order valence-corrected chi connectivity index (χ3v) is 3.29. The van der Waals surface area contributed by atoms with E-state index in [2.05, 4.69) is 5.32 Å². The molecule has 0 unspecified atom stereocenters. The summed E-state index contributed by atoms with van der Waals surface area (Å²) >= 11 is 0. The maximum atomic E-state index is 13.8. The van der Waals surface area contributed by atoms with E-state index in [0.29, 0.717) is 0 Å². The van der Waals surface area contributed by atoms with Crippen molar-refractivity contribution in [1.29, 1.82) is 0 Å². The molecule has 1 heterocycles. The molecule has 0 amide bonds. The first-order valence-electron chi connectivity index (χ1n) is 6.18. The van der Waals surface area contributed by atoms with Crippen molar-refractivity contribution in [1.82, 2.24) is 10.2 Å². The van der Waals surface area contributed by atoms with Gasteiger partial charge in [0.15, 0.2) is 0 Å². The predicted octanol–water partition coefficient (Wildman–Crippen LogP) is 2.27. The SMILES string of the molecule is FCC[C@@H](c1cc(F)ccc1F)N1CCNCC1. The Bertz CT molecular complexity index is 392. The second kappa shape index (κ2) is 6.20. The summed E-state index contributed by atoms with van der Waals surface area (Å²) in [6.45, 7) is 2.49. The fourth-order valence-electron chi connectivity index (χ4n) is 2.40. The van der Waals surface area contributed by atoms with E-state index in [1.807, 2.05) is 4.90 Å². The van der Waals surface area contributed by atoms with Crippen molar-refractivity contribution in [3.8, 4) is 0 Å². The van der Waals surface area contributed by atoms with Gasteiger partial charge in [0, 0.05) is 37.8 Å². The Morgan fingerprint density at radius 1 is 1.22 bits per heavy atom. The molecule has 1 aromatic rings. The quantitative estimate of drug-likeness (QED) is 0.891. The Balaban J connectivity index is 2.24. The van der Waals surface area contributed by atoms with Gasteiger partial charge < -0.3 is 5.32 Å². The number of rotatable bonds is 4. The lowest BCUT2D eigenvalue weighted by Crippen LogP contribution is -2.45. The Labute approximate surface area is 105 Å². The molecule has 0 aliphatic carbocycles. The molecule has 1 aliphatic rings. The van der Waals surface area contributed by atoms with Crippen LogP contribution >= 0.6 is 0 Å². The molecule has 0 spiro atoms. The molecule has 1 N–H and O–H groups in total. The zero-order chi connectivity index (χ0) is 13.0. The summed E-state index contributed by atoms with van der Waals surface area (Å²) in [7, 11) is 0. The first kappa shape index (κ1) is 13.4. The second-order valence-electron chi connectivity index (χ2n) is 4.45. The van der Waals surface area contributed by atoms with Gasteiger partial charge in [-0.3, -0.25) is 9.29 Å². The van der Waals surface area contributed by atoms with Crippen LogP contribution < -0.4 is 5.32 Å². The van der Waals surface area contributed by atoms with E-state index in [1.54, 1.807) is 0 Å². The molecule has 2 rings (SSSR count). The molecule has 18 heavy (non-hydrogen) atoms. The molecule has 2 nitrogen and oxygen atoms in total. The third-order valence-electron chi connectivity index (χ3n) is 3.29. The summed E-state index contributed by atoms with van der Waals surface area (Å²) in [5.74, 6) is -0.946. The van der Waals surface area contributed by atoms with Gasteiger partial charge in [-0.2, -0.15) is 0 Å². The molecular weight excluding hydrogens is 241 g/mol. The van der Waals surface area contributed by atoms with E-state index >= 15 is 0 Å². The summed E-state index contributed by atoms with van der Waals surface area (Å²) in [6.07, 6.45) is 0.195. The molecule has 1 atom stereocenters. The van der Waals surface area contributed by atoms with Crippen LogP contribution in [0.2, 0.25) is 0 Å². The first-order chi connectivity index (χ1) is 8.72. The van der Waals surface area contributed by atoms with Crippen molar-refractivity contribution >= 4 is 0 Å². The number of piperazine rings is 1. The molecule has 1 aromatic carbocycles. The molecule has 5 heteroatoms. The van der Waals surface area contributed by atoms with E-state index in [9.17, 15) is 13.2 Å². The minimum Gasteiger partial charge on any atom is -0.314 e. The topological polar surface area (TPSA) is 15.3 Å². The van der Waals surface area contributed by atoms with Crippen molar-refractivity contribution in [2.24, 2.45) is 0 Å². The van der Waals surface area contributed by atoms with Gasteiger partial charge in [-0.25, -0.2) is 8.78 Å². The lowest BCUT2D eigenvalue weighted by atomic mass is 10.0. The summed E-state index contributed by atoms with van der Waals surface area (Å²) < 4.78 is 39.6. The smallest absolute Gasteiger partial charge is 0.128 e. The van der Waals surface area contributed by atoms with E-state index < -0.39 is 18.3 Å². The van der Waals surface area contributed by atoms with E-state index in [4.69, 9.17) is 0 Å². The Morgan fingerprint density at radius 2 is 1.94 bits per heavy atom. The van der Waals surface area contributed by atoms with Crippen molar-refractivity contribution in [2.75, 3.05) is 32.9 Å². The minimum absolute atomic E-state index is 0.195. The standard InChI is InChI=1S/C13H17F3N2/c14-4-3-13(18-7-5-17-6-8-18)11-9-10(15)1-2-12(11)16/h1-2,9,13,17H,3-8H2/t13-/m0/s1. The van der Waals surface area contributed by atoms with Crippen LogP contribution in [-0.4, -0.2) is 37.8 Å². The highest BCUT2D eigenvalue weighted by atomic mass is 19.1. The molecule has 1 aliphatic heterocycles. The number of nitrogens with one attached hydrogen (secondary N) is 1. The zero-order valence-electron chi connectivity index (χ0n) is 10.1. The van der Waals surface area contributed by atoms with Crippen LogP contribution in [0, 0.1) is 11.6 Å². The Kier molecular flexibility index (Phi) is 4.60. The van der Waals surface area contributed by atoms with Gasteiger partial charge >= 0.3 is 0 Å². The van der Waals surface area contributed by atoms with Crippen LogP contribution in [0.5, 0.6) is 0 Å². The summed E-state index contributed by atoms with van der Waals surface area (Å²) in [6, 6.07) is 2.99. The first-order valence-corrected chi connectivity index (χ1v) is 6.18. The van der Waals surface area contributed by atoms with Crippen LogP contribution in [0.3, 0.4) is 0 Å². The average molecular weight is 258 g/mol. The highest BCUT2D eigenvalue weighted by molar-refractivity contribution is 5.22. The molecular formula is C13H17F3N2. The second-order valence-corrected chi connectivity index (χ2v) is 4.45. The van der Waals surface area contributed by atoms with E-state index in [1.165, 1.54) is 6.07 Å². The van der Waals surface area contributed by atoms with Gasteiger partial charge in [0.2, 0.25) is 0 Å². The van der Waals surface area contributed by atoms with Crippen LogP contribution in [0.15, 0.2) is 18.2 Å². The molecule has 100 valence electrons. The number of nitrogens with zero attached hydrogens (tertiary/aromatic N) is 1. The number of alkyl halides is 1. The van der Waals surface area contributed by atoms with Gasteiger partial charge in [-0.05, 0) is 24.6 Å². The Hall–Kier alpha value is -1.07. The fourth-order valence-corrected chi connectivity index (χ4v) is 2.40. The van der Waals surface area contributed by atoms with Gasteiger partial charge in [0.1, 0.15) is 11.6 Å². The Morgan fingerprint density at radius 3 is 2.61 bits per heavy atom. The lowest BCUT2D eigenvalue weighted by Gasteiger charge is -2.35. The number of hydrogen-bond donors (Lipinski definition) is 1. The van der Waals surface area contributed by atoms with Gasteiger partial charge in [0.25, 0.3) is 0 Å². The monoisotopic (exact) mass is 258 g/mol. The molecule has 0 bridgehead atoms.